The lowest BCUT2D eigenvalue weighted by molar-refractivity contribution is -0.122. The van der Waals surface area contributed by atoms with E-state index in [0.717, 1.165) is 39.8 Å². The summed E-state index contributed by atoms with van der Waals surface area (Å²) in [6.07, 6.45) is 0.601. The second kappa shape index (κ2) is 12.7. The molecular weight excluding hydrogens is 546 g/mol. The number of nitrogens with one attached hydrogen (secondary N) is 1. The van der Waals surface area contributed by atoms with E-state index >= 15 is 0 Å². The minimum Gasteiger partial charge on any atom is -0.755 e. The van der Waals surface area contributed by atoms with Crippen LogP contribution in [0.15, 0.2) is 91.0 Å². The summed E-state index contributed by atoms with van der Waals surface area (Å²) in [6.45, 7) is 7.82. The second-order valence-corrected chi connectivity index (χ2v) is 12.7. The van der Waals surface area contributed by atoms with Gasteiger partial charge in [0.1, 0.15) is 5.75 Å². The molecule has 0 aromatic heterocycles. The standard InChI is InChI=1S/C34H39N3O4S/c1-34(2,3)36(4)23-24-14-17-29-30(18-19-41-32(29)20-24)35-33(38)22-31(26-11-6-5-7-12-26)37(42(39)40)28-16-15-25-10-8-9-13-27(25)21-28/h5-17,20-21,30-31H,18-19,22-23H2,1-4H3,(H,35,38)(H,39,40)/p-1. The molecule has 0 saturated carbocycles. The number of rotatable bonds is 9. The molecule has 0 spiro atoms. The van der Waals surface area contributed by atoms with Crippen molar-refractivity contribution < 1.29 is 18.3 Å². The molecule has 220 valence electrons. The van der Waals surface area contributed by atoms with Crippen molar-refractivity contribution in [3.8, 4) is 5.75 Å². The number of nitrogens with zero attached hydrogens (tertiary/aromatic N) is 2. The zero-order valence-corrected chi connectivity index (χ0v) is 25.4. The third-order valence-electron chi connectivity index (χ3n) is 8.01. The molecule has 5 rings (SSSR count). The van der Waals surface area contributed by atoms with E-state index in [1.807, 2.05) is 72.8 Å². The van der Waals surface area contributed by atoms with Gasteiger partial charge in [0, 0.05) is 41.0 Å². The van der Waals surface area contributed by atoms with Crippen LogP contribution in [0.3, 0.4) is 0 Å². The molecule has 42 heavy (non-hydrogen) atoms. The summed E-state index contributed by atoms with van der Waals surface area (Å²) in [5, 5.41) is 5.11. The molecule has 4 aromatic rings. The molecule has 8 heteroatoms. The van der Waals surface area contributed by atoms with E-state index in [2.05, 4.69) is 50.2 Å². The van der Waals surface area contributed by atoms with E-state index < -0.39 is 17.3 Å². The van der Waals surface area contributed by atoms with Gasteiger partial charge in [-0.3, -0.25) is 18.2 Å². The number of carbonyl (C=O) groups is 1. The Balaban J connectivity index is 1.39. The lowest BCUT2D eigenvalue weighted by atomic mass is 9.97. The molecule has 1 heterocycles. The van der Waals surface area contributed by atoms with Gasteiger partial charge in [-0.25, -0.2) is 0 Å². The summed E-state index contributed by atoms with van der Waals surface area (Å²) in [5.41, 5.74) is 3.37. The van der Waals surface area contributed by atoms with Crippen molar-refractivity contribution in [3.05, 3.63) is 108 Å². The Hall–Kier alpha value is -3.72. The molecule has 0 saturated heterocycles. The number of carbonyl (C=O) groups excluding carboxylic acids is 1. The maximum absolute atomic E-state index is 13.6. The number of amides is 1. The van der Waals surface area contributed by atoms with Crippen molar-refractivity contribution >= 4 is 33.6 Å². The molecule has 0 fully saturated rings. The Morgan fingerprint density at radius 2 is 1.71 bits per heavy atom. The first-order valence-electron chi connectivity index (χ1n) is 14.3. The summed E-state index contributed by atoms with van der Waals surface area (Å²) in [4.78, 5) is 15.9. The van der Waals surface area contributed by atoms with Gasteiger partial charge in [-0.05, 0) is 67.9 Å². The Labute approximate surface area is 250 Å². The fourth-order valence-corrected chi connectivity index (χ4v) is 6.01. The van der Waals surface area contributed by atoms with E-state index in [1.54, 1.807) is 6.07 Å². The fourth-order valence-electron chi connectivity index (χ4n) is 5.32. The molecule has 0 bridgehead atoms. The summed E-state index contributed by atoms with van der Waals surface area (Å²) in [6, 6.07) is 27.9. The SMILES string of the molecule is CN(Cc1ccc2c(c1)OCCC2NC(=O)CC(c1ccccc1)N(c1ccc2ccccc2c1)S(=O)[O-])C(C)(C)C. The predicted molar refractivity (Wildman–Crippen MR) is 168 cm³/mol. The molecule has 1 aliphatic heterocycles. The van der Waals surface area contributed by atoms with Gasteiger partial charge in [0.15, 0.2) is 0 Å². The van der Waals surface area contributed by atoms with Crippen LogP contribution >= 0.6 is 0 Å². The third-order valence-corrected chi connectivity index (χ3v) is 8.80. The van der Waals surface area contributed by atoms with Crippen LogP contribution in [0.25, 0.3) is 10.8 Å². The lowest BCUT2D eigenvalue weighted by Gasteiger charge is -2.35. The predicted octanol–water partition coefficient (Wildman–Crippen LogP) is 6.44. The van der Waals surface area contributed by atoms with Gasteiger partial charge < -0.3 is 14.6 Å². The minimum absolute atomic E-state index is 0.0357. The molecule has 3 atom stereocenters. The van der Waals surface area contributed by atoms with Crippen molar-refractivity contribution in [2.75, 3.05) is 18.0 Å². The van der Waals surface area contributed by atoms with Crippen LogP contribution in [-0.2, 0) is 22.6 Å². The minimum atomic E-state index is -2.62. The van der Waals surface area contributed by atoms with Crippen LogP contribution in [0.5, 0.6) is 5.75 Å². The van der Waals surface area contributed by atoms with Crippen LogP contribution in [0.1, 0.15) is 62.4 Å². The van der Waals surface area contributed by atoms with Crippen molar-refractivity contribution in [2.24, 2.45) is 0 Å². The summed E-state index contributed by atoms with van der Waals surface area (Å²) in [7, 11) is 2.10. The van der Waals surface area contributed by atoms with Gasteiger partial charge in [0.05, 0.1) is 25.1 Å². The number of anilines is 1. The van der Waals surface area contributed by atoms with Crippen molar-refractivity contribution in [1.82, 2.24) is 10.2 Å². The summed E-state index contributed by atoms with van der Waals surface area (Å²) >= 11 is -2.62. The van der Waals surface area contributed by atoms with Gasteiger partial charge in [-0.15, -0.1) is 0 Å². The van der Waals surface area contributed by atoms with Crippen LogP contribution in [0.2, 0.25) is 0 Å². The fraction of sp³-hybridized carbons (Fsp3) is 0.324. The molecule has 4 aromatic carbocycles. The maximum atomic E-state index is 13.6. The Morgan fingerprint density at radius 3 is 2.43 bits per heavy atom. The van der Waals surface area contributed by atoms with Gasteiger partial charge in [0.25, 0.3) is 0 Å². The van der Waals surface area contributed by atoms with Gasteiger partial charge in [-0.2, -0.15) is 0 Å². The summed E-state index contributed by atoms with van der Waals surface area (Å²) < 4.78 is 32.8. The molecule has 7 nitrogen and oxygen atoms in total. The van der Waals surface area contributed by atoms with Crippen LogP contribution in [0.4, 0.5) is 5.69 Å². The number of fused-ring (bicyclic) bond motifs is 2. The summed E-state index contributed by atoms with van der Waals surface area (Å²) in [5.74, 6) is 0.555. The topological polar surface area (TPSA) is 84.9 Å². The second-order valence-electron chi connectivity index (χ2n) is 11.9. The van der Waals surface area contributed by atoms with E-state index in [1.165, 1.54) is 4.31 Å². The van der Waals surface area contributed by atoms with E-state index in [-0.39, 0.29) is 23.9 Å². The Bertz CT molecular complexity index is 1570. The molecule has 0 aliphatic carbocycles. The third kappa shape index (κ3) is 6.84. The highest BCUT2D eigenvalue weighted by atomic mass is 32.2. The van der Waals surface area contributed by atoms with Crippen molar-refractivity contribution in [3.63, 3.8) is 0 Å². The first-order valence-corrected chi connectivity index (χ1v) is 15.3. The molecule has 1 amide bonds. The largest absolute Gasteiger partial charge is 0.755 e. The first kappa shape index (κ1) is 29.8. The Kier molecular flexibility index (Phi) is 8.96. The first-order chi connectivity index (χ1) is 20.1. The number of hydrogen-bond acceptors (Lipinski definition) is 5. The number of ether oxygens (including phenoxy) is 1. The Morgan fingerprint density at radius 1 is 1.00 bits per heavy atom. The van der Waals surface area contributed by atoms with Crippen molar-refractivity contribution in [2.45, 2.75) is 57.8 Å². The quantitative estimate of drug-likeness (QED) is 0.229. The van der Waals surface area contributed by atoms with Crippen LogP contribution < -0.4 is 14.4 Å². The molecule has 1 aliphatic rings. The highest BCUT2D eigenvalue weighted by Gasteiger charge is 2.29. The van der Waals surface area contributed by atoms with Gasteiger partial charge in [-0.1, -0.05) is 72.8 Å². The van der Waals surface area contributed by atoms with Crippen molar-refractivity contribution in [1.29, 1.82) is 0 Å². The number of hydrogen-bond donors (Lipinski definition) is 1. The van der Waals surface area contributed by atoms with Crippen LogP contribution in [0, 0.1) is 0 Å². The van der Waals surface area contributed by atoms with Crippen LogP contribution in [-0.4, -0.2) is 38.8 Å². The monoisotopic (exact) mass is 584 g/mol. The molecule has 1 N–H and O–H groups in total. The van der Waals surface area contributed by atoms with E-state index in [4.69, 9.17) is 4.74 Å². The van der Waals surface area contributed by atoms with Gasteiger partial charge >= 0.3 is 0 Å². The number of benzene rings is 4. The van der Waals surface area contributed by atoms with E-state index in [9.17, 15) is 13.6 Å². The van der Waals surface area contributed by atoms with Gasteiger partial charge in [0.2, 0.25) is 5.91 Å². The molecule has 3 unspecified atom stereocenters. The zero-order chi connectivity index (χ0) is 29.9. The average Bonchev–Trinajstić information content (AvgIpc) is 2.96. The normalized spacial score (nSPS) is 16.4. The zero-order valence-electron chi connectivity index (χ0n) is 24.6. The van der Waals surface area contributed by atoms with E-state index in [0.29, 0.717) is 18.7 Å². The average molecular weight is 585 g/mol. The highest BCUT2D eigenvalue weighted by Crippen LogP contribution is 2.36. The smallest absolute Gasteiger partial charge is 0.222 e. The highest BCUT2D eigenvalue weighted by molar-refractivity contribution is 7.80. The lowest BCUT2D eigenvalue weighted by Crippen LogP contribution is -2.38. The molecule has 0 radical (unpaired) electrons. The molecular formula is C34H38N3O4S-. The maximum Gasteiger partial charge on any atom is 0.222 e.